The summed E-state index contributed by atoms with van der Waals surface area (Å²) in [5.74, 6) is -1.59. The monoisotopic (exact) mass is 315 g/mol. The van der Waals surface area contributed by atoms with Gasteiger partial charge in [0.05, 0.1) is 17.9 Å². The normalized spacial score (nSPS) is 16.6. The first-order valence-corrected chi connectivity index (χ1v) is 6.94. The topological polar surface area (TPSA) is 57.6 Å². The molecule has 1 amide bonds. The van der Waals surface area contributed by atoms with Gasteiger partial charge in [0.1, 0.15) is 0 Å². The fourth-order valence-electron chi connectivity index (χ4n) is 2.52. The van der Waals surface area contributed by atoms with Crippen molar-refractivity contribution in [2.45, 2.75) is 25.4 Å². The Hall–Kier alpha value is -2.05. The maximum absolute atomic E-state index is 12.6. The van der Waals surface area contributed by atoms with E-state index in [0.29, 0.717) is 31.5 Å². The van der Waals surface area contributed by atoms with Gasteiger partial charge in [-0.3, -0.25) is 9.59 Å². The van der Waals surface area contributed by atoms with E-state index < -0.39 is 23.6 Å². The molecule has 0 aliphatic carbocycles. The van der Waals surface area contributed by atoms with Crippen molar-refractivity contribution >= 4 is 11.9 Å². The van der Waals surface area contributed by atoms with E-state index in [9.17, 15) is 22.8 Å². The molecule has 0 unspecified atom stereocenters. The van der Waals surface area contributed by atoms with Crippen molar-refractivity contribution in [3.05, 3.63) is 35.4 Å². The minimum atomic E-state index is -4.43. The first-order chi connectivity index (χ1) is 10.3. The highest BCUT2D eigenvalue weighted by atomic mass is 19.4. The fourth-order valence-corrected chi connectivity index (χ4v) is 2.52. The zero-order valence-corrected chi connectivity index (χ0v) is 11.8. The van der Waals surface area contributed by atoms with Gasteiger partial charge in [0, 0.05) is 13.1 Å². The van der Waals surface area contributed by atoms with Crippen LogP contribution in [0.2, 0.25) is 0 Å². The first-order valence-electron chi connectivity index (χ1n) is 6.94. The number of aliphatic carboxylic acids is 1. The Kier molecular flexibility index (Phi) is 4.73. The van der Waals surface area contributed by atoms with E-state index >= 15 is 0 Å². The van der Waals surface area contributed by atoms with Crippen molar-refractivity contribution in [3.63, 3.8) is 0 Å². The lowest BCUT2D eigenvalue weighted by molar-refractivity contribution is -0.145. The van der Waals surface area contributed by atoms with Gasteiger partial charge in [0.25, 0.3) is 0 Å². The molecule has 1 aromatic rings. The van der Waals surface area contributed by atoms with Crippen LogP contribution in [0, 0.1) is 5.92 Å². The van der Waals surface area contributed by atoms with Gasteiger partial charge >= 0.3 is 12.1 Å². The van der Waals surface area contributed by atoms with E-state index in [-0.39, 0.29) is 12.3 Å². The van der Waals surface area contributed by atoms with E-state index in [1.165, 1.54) is 17.0 Å². The molecule has 1 aliphatic rings. The van der Waals surface area contributed by atoms with Crippen LogP contribution in [-0.4, -0.2) is 35.0 Å². The van der Waals surface area contributed by atoms with E-state index in [2.05, 4.69) is 0 Å². The standard InChI is InChI=1S/C15H16F3NO3/c16-15(17,18)12-3-1-2-10(8-12)9-13(20)19-6-4-11(5-7-19)14(21)22/h1-3,8,11H,4-7,9H2,(H,21,22). The van der Waals surface area contributed by atoms with E-state index in [1.807, 2.05) is 0 Å². The third-order valence-electron chi connectivity index (χ3n) is 3.81. The molecule has 120 valence electrons. The summed E-state index contributed by atoms with van der Waals surface area (Å²) < 4.78 is 37.9. The number of alkyl halides is 3. The molecule has 1 N–H and O–H groups in total. The Morgan fingerprint density at radius 1 is 1.23 bits per heavy atom. The molecule has 1 saturated heterocycles. The van der Waals surface area contributed by atoms with Crippen molar-refractivity contribution < 1.29 is 27.9 Å². The van der Waals surface area contributed by atoms with Crippen LogP contribution in [0.1, 0.15) is 24.0 Å². The van der Waals surface area contributed by atoms with Crippen molar-refractivity contribution in [3.8, 4) is 0 Å². The molecule has 1 heterocycles. The number of carboxylic acids is 1. The van der Waals surface area contributed by atoms with Gasteiger partial charge in [-0.2, -0.15) is 13.2 Å². The van der Waals surface area contributed by atoms with E-state index in [0.717, 1.165) is 12.1 Å². The summed E-state index contributed by atoms with van der Waals surface area (Å²) in [6.45, 7) is 0.656. The molecule has 1 aliphatic heterocycles. The number of hydrogen-bond acceptors (Lipinski definition) is 2. The van der Waals surface area contributed by atoms with Crippen LogP contribution in [-0.2, 0) is 22.2 Å². The summed E-state index contributed by atoms with van der Waals surface area (Å²) in [5.41, 5.74) is -0.470. The van der Waals surface area contributed by atoms with Crippen molar-refractivity contribution in [2.24, 2.45) is 5.92 Å². The lowest BCUT2D eigenvalue weighted by Gasteiger charge is -2.30. The Bertz CT molecular complexity index is 563. The first kappa shape index (κ1) is 16.3. The molecule has 22 heavy (non-hydrogen) atoms. The van der Waals surface area contributed by atoms with Crippen LogP contribution >= 0.6 is 0 Å². The highest BCUT2D eigenvalue weighted by Crippen LogP contribution is 2.29. The Balaban J connectivity index is 1.97. The SMILES string of the molecule is O=C(O)C1CCN(C(=O)Cc2cccc(C(F)(F)F)c2)CC1. The number of likely N-dealkylation sites (tertiary alicyclic amines) is 1. The second-order valence-corrected chi connectivity index (χ2v) is 5.37. The number of carboxylic acid groups (broad SMARTS) is 1. The highest BCUT2D eigenvalue weighted by Gasteiger charge is 2.31. The van der Waals surface area contributed by atoms with Crippen LogP contribution in [0.3, 0.4) is 0 Å². The second kappa shape index (κ2) is 6.37. The predicted octanol–water partition coefficient (Wildman–Crippen LogP) is 2.57. The zero-order chi connectivity index (χ0) is 16.3. The van der Waals surface area contributed by atoms with Gasteiger partial charge in [-0.1, -0.05) is 18.2 Å². The predicted molar refractivity (Wildman–Crippen MR) is 72.1 cm³/mol. The number of hydrogen-bond donors (Lipinski definition) is 1. The quantitative estimate of drug-likeness (QED) is 0.932. The summed E-state index contributed by atoms with van der Waals surface area (Å²) in [5, 5.41) is 8.90. The third kappa shape index (κ3) is 3.99. The molecular formula is C15H16F3NO3. The summed E-state index contributed by atoms with van der Waals surface area (Å²) >= 11 is 0. The lowest BCUT2D eigenvalue weighted by Crippen LogP contribution is -2.41. The average molecular weight is 315 g/mol. The number of amides is 1. The summed E-state index contributed by atoms with van der Waals surface area (Å²) in [4.78, 5) is 24.5. The molecule has 4 nitrogen and oxygen atoms in total. The molecule has 1 aromatic carbocycles. The molecule has 7 heteroatoms. The number of halogens is 3. The van der Waals surface area contributed by atoms with Crippen LogP contribution in [0.4, 0.5) is 13.2 Å². The van der Waals surface area contributed by atoms with Crippen LogP contribution in [0.5, 0.6) is 0 Å². The maximum atomic E-state index is 12.6. The van der Waals surface area contributed by atoms with Gasteiger partial charge < -0.3 is 10.0 Å². The number of carbonyl (C=O) groups is 2. The van der Waals surface area contributed by atoms with Gasteiger partial charge in [-0.05, 0) is 24.5 Å². The van der Waals surface area contributed by atoms with Crippen molar-refractivity contribution in [2.75, 3.05) is 13.1 Å². The largest absolute Gasteiger partial charge is 0.481 e. The van der Waals surface area contributed by atoms with E-state index in [4.69, 9.17) is 5.11 Å². The lowest BCUT2D eigenvalue weighted by atomic mass is 9.96. The number of nitrogens with zero attached hydrogens (tertiary/aromatic N) is 1. The van der Waals surface area contributed by atoms with Gasteiger partial charge in [0.2, 0.25) is 5.91 Å². The molecule has 0 bridgehead atoms. The summed E-state index contributed by atoms with van der Waals surface area (Å²) in [6.07, 6.45) is -3.78. The smallest absolute Gasteiger partial charge is 0.416 e. The molecular weight excluding hydrogens is 299 g/mol. The molecule has 0 radical (unpaired) electrons. The van der Waals surface area contributed by atoms with Crippen molar-refractivity contribution in [1.29, 1.82) is 0 Å². The number of benzene rings is 1. The van der Waals surface area contributed by atoms with E-state index in [1.54, 1.807) is 0 Å². The average Bonchev–Trinajstić information content (AvgIpc) is 2.46. The highest BCUT2D eigenvalue weighted by molar-refractivity contribution is 5.79. The zero-order valence-electron chi connectivity index (χ0n) is 11.8. The molecule has 1 fully saturated rings. The maximum Gasteiger partial charge on any atom is 0.416 e. The van der Waals surface area contributed by atoms with Crippen LogP contribution in [0.15, 0.2) is 24.3 Å². The second-order valence-electron chi connectivity index (χ2n) is 5.37. The summed E-state index contributed by atoms with van der Waals surface area (Å²) in [6, 6.07) is 4.70. The minimum Gasteiger partial charge on any atom is -0.481 e. The Morgan fingerprint density at radius 2 is 1.86 bits per heavy atom. The van der Waals surface area contributed by atoms with Gasteiger partial charge in [-0.15, -0.1) is 0 Å². The molecule has 0 aromatic heterocycles. The molecule has 2 rings (SSSR count). The number of piperidine rings is 1. The Morgan fingerprint density at radius 3 is 2.41 bits per heavy atom. The summed E-state index contributed by atoms with van der Waals surface area (Å²) in [7, 11) is 0. The van der Waals surface area contributed by atoms with Crippen LogP contribution < -0.4 is 0 Å². The number of carbonyl (C=O) groups excluding carboxylic acids is 1. The van der Waals surface area contributed by atoms with Crippen LogP contribution in [0.25, 0.3) is 0 Å². The number of rotatable bonds is 3. The minimum absolute atomic E-state index is 0.109. The molecule has 0 saturated carbocycles. The third-order valence-corrected chi connectivity index (χ3v) is 3.81. The molecule has 0 spiro atoms. The fraction of sp³-hybridized carbons (Fsp3) is 0.467. The van der Waals surface area contributed by atoms with Gasteiger partial charge in [0.15, 0.2) is 0 Å². The van der Waals surface area contributed by atoms with Crippen molar-refractivity contribution in [1.82, 2.24) is 4.90 Å². The molecule has 0 atom stereocenters. The Labute approximate surface area is 125 Å². The van der Waals surface area contributed by atoms with Gasteiger partial charge in [-0.25, -0.2) is 0 Å².